The van der Waals surface area contributed by atoms with Crippen molar-refractivity contribution in [1.29, 1.82) is 0 Å². The molecule has 6 atom stereocenters. The molecule has 0 spiro atoms. The normalized spacial score (nSPS) is 28.1. The number of quaternary nitrogens is 1. The van der Waals surface area contributed by atoms with Crippen molar-refractivity contribution in [2.24, 2.45) is 0 Å². The molecular weight excluding hydrogens is 416 g/mol. The van der Waals surface area contributed by atoms with Crippen molar-refractivity contribution in [2.75, 3.05) is 27.2 Å². The Balaban J connectivity index is 1.77. The quantitative estimate of drug-likeness (QED) is 0.426. The minimum Gasteiger partial charge on any atom is -0.479 e. The molecule has 0 amide bonds. The Morgan fingerprint density at radius 2 is 1.72 bits per heavy atom. The molecule has 174 valence electrons. The fraction of sp³-hybridized carbons (Fsp3) is 0.478. The van der Waals surface area contributed by atoms with Gasteiger partial charge in [0, 0.05) is 6.20 Å². The lowest BCUT2D eigenvalue weighted by Crippen LogP contribution is -2.68. The predicted octanol–water partition coefficient (Wildman–Crippen LogP) is 0.330. The second-order valence-corrected chi connectivity index (χ2v) is 8.72. The monoisotopic (exact) mass is 447 g/mol. The van der Waals surface area contributed by atoms with Gasteiger partial charge in [0.2, 0.25) is 6.23 Å². The van der Waals surface area contributed by atoms with Gasteiger partial charge in [0.05, 0.1) is 26.4 Å². The molecule has 9 nitrogen and oxygen atoms in total. The largest absolute Gasteiger partial charge is 0.479 e. The summed E-state index contributed by atoms with van der Waals surface area (Å²) in [5.74, 6) is -1.41. The number of benzene rings is 1. The van der Waals surface area contributed by atoms with E-state index < -0.39 is 42.2 Å². The maximum Gasteiger partial charge on any atom is 0.335 e. The molecule has 4 N–H and O–H groups in total. The third-order valence-electron chi connectivity index (χ3n) is 6.06. The molecule has 2 aromatic rings. The number of hydrogen-bond donors (Lipinski definition) is 4. The van der Waals surface area contributed by atoms with E-state index in [1.807, 2.05) is 55.5 Å². The molecule has 0 bridgehead atoms. The van der Waals surface area contributed by atoms with E-state index in [9.17, 15) is 25.2 Å². The van der Waals surface area contributed by atoms with Crippen molar-refractivity contribution >= 4 is 5.97 Å². The van der Waals surface area contributed by atoms with Crippen LogP contribution in [0.25, 0.3) is 0 Å². The molecule has 32 heavy (non-hydrogen) atoms. The van der Waals surface area contributed by atoms with Gasteiger partial charge in [-0.1, -0.05) is 36.4 Å². The zero-order chi connectivity index (χ0) is 23.5. The van der Waals surface area contributed by atoms with Crippen LogP contribution in [0.15, 0.2) is 54.7 Å². The predicted molar refractivity (Wildman–Crippen MR) is 114 cm³/mol. The number of ether oxygens (including phenoxy) is 2. The molecule has 1 aromatic carbocycles. The summed E-state index contributed by atoms with van der Waals surface area (Å²) < 4.78 is 11.8. The van der Waals surface area contributed by atoms with Gasteiger partial charge in [-0.25, -0.2) is 4.79 Å². The Morgan fingerprint density at radius 1 is 1.06 bits per heavy atom. The number of carbonyl (C=O) groups is 1. The fourth-order valence-corrected chi connectivity index (χ4v) is 3.96. The van der Waals surface area contributed by atoms with E-state index in [0.717, 1.165) is 11.3 Å². The zero-order valence-electron chi connectivity index (χ0n) is 18.4. The number of aromatic nitrogens is 1. The van der Waals surface area contributed by atoms with Crippen molar-refractivity contribution in [3.8, 4) is 0 Å². The van der Waals surface area contributed by atoms with Crippen LogP contribution in [0.4, 0.5) is 0 Å². The van der Waals surface area contributed by atoms with Crippen molar-refractivity contribution < 1.29 is 39.2 Å². The smallest absolute Gasteiger partial charge is 0.335 e. The third-order valence-corrected chi connectivity index (χ3v) is 6.06. The minimum absolute atomic E-state index is 0.00180. The van der Waals surface area contributed by atoms with Crippen molar-refractivity contribution in [2.45, 2.75) is 43.2 Å². The van der Waals surface area contributed by atoms with Crippen LogP contribution in [0.2, 0.25) is 0 Å². The number of pyridine rings is 1. The highest BCUT2D eigenvalue weighted by Gasteiger charge is 2.52. The highest BCUT2D eigenvalue weighted by Crippen LogP contribution is 2.32. The summed E-state index contributed by atoms with van der Waals surface area (Å²) in [6, 6.07) is 15.3. The lowest BCUT2D eigenvalue weighted by Gasteiger charge is -2.46. The Labute approximate surface area is 187 Å². The number of nitrogens with zero attached hydrogens (tertiary/aromatic N) is 2. The molecule has 6 unspecified atom stereocenters. The summed E-state index contributed by atoms with van der Waals surface area (Å²) in [6.07, 6.45) is -5.84. The van der Waals surface area contributed by atoms with Gasteiger partial charge < -0.3 is 29.9 Å². The highest BCUT2D eigenvalue weighted by atomic mass is 16.6. The molecule has 3 rings (SSSR count). The summed E-state index contributed by atoms with van der Waals surface area (Å²) in [5.41, 5.74) is 0.811. The van der Waals surface area contributed by atoms with Gasteiger partial charge in [-0.2, -0.15) is 0 Å². The molecule has 1 aliphatic rings. The van der Waals surface area contributed by atoms with Crippen molar-refractivity contribution in [3.63, 3.8) is 0 Å². The van der Waals surface area contributed by atoms with Crippen LogP contribution in [0.3, 0.4) is 0 Å². The number of hydrogen-bond acceptors (Lipinski definition) is 7. The van der Waals surface area contributed by atoms with Gasteiger partial charge >= 0.3 is 5.97 Å². The van der Waals surface area contributed by atoms with Gasteiger partial charge in [-0.15, -0.1) is 0 Å². The number of carboxylic acids is 1. The van der Waals surface area contributed by atoms with Crippen LogP contribution < -0.4 is 0 Å². The molecule has 1 saturated heterocycles. The standard InChI is InChI=1S/C23H30N2O7/c1-23(15-9-5-4-6-10-15,16-11-7-8-12-24-16)31-14-13-25(2,3)21-19(28)17(26)18(27)20(32-21)22(29)30/h4-12,17-21,26-28H,13-14H2,1-3H3/p+1. The Morgan fingerprint density at radius 3 is 2.31 bits per heavy atom. The van der Waals surface area contributed by atoms with Crippen LogP contribution in [0, 0.1) is 0 Å². The van der Waals surface area contributed by atoms with E-state index in [2.05, 4.69) is 4.98 Å². The number of aliphatic carboxylic acids is 1. The van der Waals surface area contributed by atoms with E-state index in [-0.39, 0.29) is 11.1 Å². The number of rotatable bonds is 8. The summed E-state index contributed by atoms with van der Waals surface area (Å²) in [6.45, 7) is 2.47. The van der Waals surface area contributed by atoms with Gasteiger partial charge in [0.15, 0.2) is 12.2 Å². The molecule has 9 heteroatoms. The maximum atomic E-state index is 11.4. The van der Waals surface area contributed by atoms with Gasteiger partial charge in [0.25, 0.3) is 0 Å². The summed E-state index contributed by atoms with van der Waals surface area (Å²) in [4.78, 5) is 15.9. The zero-order valence-corrected chi connectivity index (χ0v) is 18.4. The average Bonchev–Trinajstić information content (AvgIpc) is 2.78. The number of aliphatic hydroxyl groups is 3. The first-order valence-electron chi connectivity index (χ1n) is 10.4. The van der Waals surface area contributed by atoms with Crippen molar-refractivity contribution in [3.05, 3.63) is 66.0 Å². The molecule has 0 radical (unpaired) electrons. The summed E-state index contributed by atoms with van der Waals surface area (Å²) in [5, 5.41) is 39.9. The first kappa shape index (κ1) is 24.2. The van der Waals surface area contributed by atoms with Gasteiger partial charge in [-0.05, 0) is 24.6 Å². The SMILES string of the molecule is CC(OCC[N+](C)(C)C1OC(C(=O)O)C(O)C(O)C1O)(c1ccccc1)c1ccccn1. The second-order valence-electron chi connectivity index (χ2n) is 8.72. The number of aliphatic hydroxyl groups excluding tert-OH is 3. The highest BCUT2D eigenvalue weighted by molar-refractivity contribution is 5.73. The molecule has 1 fully saturated rings. The molecule has 0 saturated carbocycles. The van der Waals surface area contributed by atoms with Gasteiger partial charge in [0.1, 0.15) is 24.4 Å². The first-order valence-corrected chi connectivity index (χ1v) is 10.4. The average molecular weight is 448 g/mol. The first-order chi connectivity index (χ1) is 15.1. The van der Waals surface area contributed by atoms with Crippen LogP contribution in [0.1, 0.15) is 18.2 Å². The van der Waals surface area contributed by atoms with Crippen LogP contribution in [-0.2, 0) is 19.9 Å². The van der Waals surface area contributed by atoms with E-state index in [0.29, 0.717) is 6.54 Å². The fourth-order valence-electron chi connectivity index (χ4n) is 3.96. The Kier molecular flexibility index (Phi) is 7.29. The van der Waals surface area contributed by atoms with Crippen molar-refractivity contribution in [1.82, 2.24) is 4.98 Å². The molecule has 2 heterocycles. The maximum absolute atomic E-state index is 11.4. The van der Waals surface area contributed by atoms with E-state index in [1.54, 1.807) is 20.3 Å². The topological polar surface area (TPSA) is 129 Å². The lowest BCUT2D eigenvalue weighted by atomic mass is 9.91. The van der Waals surface area contributed by atoms with E-state index >= 15 is 0 Å². The lowest BCUT2D eigenvalue weighted by molar-refractivity contribution is -0.944. The van der Waals surface area contributed by atoms with E-state index in [1.165, 1.54) is 0 Å². The number of likely N-dealkylation sites (N-methyl/N-ethyl adjacent to an activating group) is 1. The molecular formula is C23H31N2O7+. The Bertz CT molecular complexity index is 854. The summed E-state index contributed by atoms with van der Waals surface area (Å²) >= 11 is 0. The minimum atomic E-state index is -1.72. The second kappa shape index (κ2) is 9.62. The molecule has 0 aliphatic carbocycles. The van der Waals surface area contributed by atoms with Crippen LogP contribution in [0.5, 0.6) is 0 Å². The number of carboxylic acid groups (broad SMARTS) is 1. The Hall–Kier alpha value is -2.40. The van der Waals surface area contributed by atoms with Crippen LogP contribution in [-0.4, -0.2) is 93.8 Å². The summed E-state index contributed by atoms with van der Waals surface area (Å²) in [7, 11) is 3.47. The molecule has 1 aromatic heterocycles. The van der Waals surface area contributed by atoms with Gasteiger partial charge in [-0.3, -0.25) is 9.47 Å². The van der Waals surface area contributed by atoms with E-state index in [4.69, 9.17) is 9.47 Å². The third kappa shape index (κ3) is 4.83. The van der Waals surface area contributed by atoms with Crippen LogP contribution >= 0.6 is 0 Å². The molecule has 1 aliphatic heterocycles.